The molecule has 1 heterocycles. The van der Waals surface area contributed by atoms with Gasteiger partial charge in [-0.25, -0.2) is 8.42 Å². The number of nitrogens with one attached hydrogen (secondary N) is 1. The molecule has 29 heavy (non-hydrogen) atoms. The molecule has 1 unspecified atom stereocenters. The summed E-state index contributed by atoms with van der Waals surface area (Å²) >= 11 is 0. The first-order valence-corrected chi connectivity index (χ1v) is 11.2. The van der Waals surface area contributed by atoms with Crippen LogP contribution in [0.15, 0.2) is 48.8 Å². The van der Waals surface area contributed by atoms with E-state index in [1.807, 2.05) is 6.07 Å². The Labute approximate surface area is 172 Å². The molecule has 1 amide bonds. The van der Waals surface area contributed by atoms with Gasteiger partial charge >= 0.3 is 0 Å². The zero-order valence-electron chi connectivity index (χ0n) is 16.7. The van der Waals surface area contributed by atoms with Crippen molar-refractivity contribution in [3.63, 3.8) is 0 Å². The van der Waals surface area contributed by atoms with Gasteiger partial charge in [0.1, 0.15) is 5.75 Å². The predicted octanol–water partition coefficient (Wildman–Crippen LogP) is 2.85. The number of nitrogens with zero attached hydrogens (tertiary/aromatic N) is 2. The molecule has 0 aliphatic heterocycles. The van der Waals surface area contributed by atoms with Crippen LogP contribution in [0.2, 0.25) is 0 Å². The highest BCUT2D eigenvalue weighted by molar-refractivity contribution is 7.93. The molecule has 8 heteroatoms. The van der Waals surface area contributed by atoms with E-state index in [9.17, 15) is 13.2 Å². The van der Waals surface area contributed by atoms with Crippen LogP contribution in [0.5, 0.6) is 5.75 Å². The summed E-state index contributed by atoms with van der Waals surface area (Å²) in [4.78, 5) is 16.5. The number of hydrogen-bond donors (Lipinski definition) is 1. The zero-order chi connectivity index (χ0) is 20.9. The third-order valence-corrected chi connectivity index (χ3v) is 7.44. The van der Waals surface area contributed by atoms with Gasteiger partial charge in [-0.2, -0.15) is 0 Å². The lowest BCUT2D eigenvalue weighted by atomic mass is 10.1. The molecule has 7 nitrogen and oxygen atoms in total. The van der Waals surface area contributed by atoms with Crippen molar-refractivity contribution in [3.05, 3.63) is 54.4 Å². The molecule has 1 saturated carbocycles. The number of methoxy groups -OCH3 is 1. The topological polar surface area (TPSA) is 88.6 Å². The summed E-state index contributed by atoms with van der Waals surface area (Å²) in [7, 11) is -0.686. The number of carbonyl (C=O) groups excluding carboxylic acids is 1. The average molecular weight is 418 g/mol. The second-order valence-corrected chi connectivity index (χ2v) is 9.56. The van der Waals surface area contributed by atoms with E-state index in [2.05, 4.69) is 10.3 Å². The molecule has 3 rings (SSSR count). The molecular formula is C21H27N3O4S. The first kappa shape index (κ1) is 21.1. The molecule has 1 atom stereocenters. The van der Waals surface area contributed by atoms with Crippen molar-refractivity contribution >= 4 is 21.6 Å². The van der Waals surface area contributed by atoms with Gasteiger partial charge in [0, 0.05) is 25.2 Å². The van der Waals surface area contributed by atoms with E-state index < -0.39 is 15.3 Å². The predicted molar refractivity (Wildman–Crippen MR) is 113 cm³/mol. The van der Waals surface area contributed by atoms with Crippen molar-refractivity contribution < 1.29 is 17.9 Å². The Morgan fingerprint density at radius 3 is 2.66 bits per heavy atom. The molecule has 1 aliphatic rings. The number of benzene rings is 1. The Morgan fingerprint density at radius 2 is 2.00 bits per heavy atom. The Balaban J connectivity index is 1.75. The maximum atomic E-state index is 13.3. The Kier molecular flexibility index (Phi) is 6.74. The molecule has 0 radical (unpaired) electrons. The van der Waals surface area contributed by atoms with Crippen LogP contribution in [-0.2, 0) is 10.0 Å². The first-order valence-electron chi connectivity index (χ1n) is 9.72. The fourth-order valence-electron chi connectivity index (χ4n) is 3.14. The van der Waals surface area contributed by atoms with E-state index in [1.54, 1.807) is 30.3 Å². The van der Waals surface area contributed by atoms with Gasteiger partial charge in [0.05, 0.1) is 30.4 Å². The molecule has 1 aromatic carbocycles. The second-order valence-electron chi connectivity index (χ2n) is 7.31. The van der Waals surface area contributed by atoms with Gasteiger partial charge in [0.25, 0.3) is 5.91 Å². The fraction of sp³-hybridized carbons (Fsp3) is 0.429. The van der Waals surface area contributed by atoms with E-state index in [0.717, 1.165) is 19.3 Å². The van der Waals surface area contributed by atoms with Crippen molar-refractivity contribution in [1.29, 1.82) is 0 Å². The maximum absolute atomic E-state index is 13.3. The van der Waals surface area contributed by atoms with Crippen LogP contribution in [0.3, 0.4) is 0 Å². The van der Waals surface area contributed by atoms with Crippen LogP contribution in [0, 0.1) is 5.92 Å². The van der Waals surface area contributed by atoms with E-state index in [-0.39, 0.29) is 12.5 Å². The summed E-state index contributed by atoms with van der Waals surface area (Å²) in [5.74, 6) is 0.806. The van der Waals surface area contributed by atoms with E-state index in [1.165, 1.54) is 30.9 Å². The second kappa shape index (κ2) is 9.26. The minimum absolute atomic E-state index is 0.0600. The summed E-state index contributed by atoms with van der Waals surface area (Å²) < 4.78 is 33.0. The third kappa shape index (κ3) is 5.47. The fourth-order valence-corrected chi connectivity index (χ4v) is 4.71. The molecular weight excluding hydrogens is 390 g/mol. The SMILES string of the molecule is COc1cncc(N(C)S(=O)(=O)C(CCC2CC2)CNC(=O)c2ccccc2)c1. The van der Waals surface area contributed by atoms with Crippen LogP contribution in [0.1, 0.15) is 36.0 Å². The Morgan fingerprint density at radius 1 is 1.28 bits per heavy atom. The monoisotopic (exact) mass is 417 g/mol. The summed E-state index contributed by atoms with van der Waals surface area (Å²) in [6.07, 6.45) is 6.66. The highest BCUT2D eigenvalue weighted by Crippen LogP contribution is 2.35. The van der Waals surface area contributed by atoms with Gasteiger partial charge in [-0.15, -0.1) is 0 Å². The number of ether oxygens (including phenoxy) is 1. The smallest absolute Gasteiger partial charge is 0.251 e. The van der Waals surface area contributed by atoms with Crippen molar-refractivity contribution in [2.45, 2.75) is 30.9 Å². The van der Waals surface area contributed by atoms with Gasteiger partial charge < -0.3 is 10.1 Å². The van der Waals surface area contributed by atoms with Gasteiger partial charge in [0.15, 0.2) is 0 Å². The summed E-state index contributed by atoms with van der Waals surface area (Å²) in [5, 5.41) is 2.08. The summed E-state index contributed by atoms with van der Waals surface area (Å²) in [6.45, 7) is 0.0600. The number of pyridine rings is 1. The zero-order valence-corrected chi connectivity index (χ0v) is 17.6. The first-order chi connectivity index (χ1) is 13.9. The van der Waals surface area contributed by atoms with Crippen LogP contribution in [0.25, 0.3) is 0 Å². The highest BCUT2D eigenvalue weighted by Gasteiger charge is 2.33. The Bertz CT molecular complexity index is 930. The van der Waals surface area contributed by atoms with Gasteiger partial charge in [-0.05, 0) is 30.9 Å². The Hall–Kier alpha value is -2.61. The van der Waals surface area contributed by atoms with Crippen LogP contribution >= 0.6 is 0 Å². The quantitative estimate of drug-likeness (QED) is 0.642. The number of aromatic nitrogens is 1. The molecule has 0 spiro atoms. The molecule has 0 bridgehead atoms. The summed E-state index contributed by atoms with van der Waals surface area (Å²) in [6, 6.07) is 10.4. The lowest BCUT2D eigenvalue weighted by Gasteiger charge is -2.26. The van der Waals surface area contributed by atoms with Crippen LogP contribution in [0.4, 0.5) is 5.69 Å². The van der Waals surface area contributed by atoms with Crippen molar-refractivity contribution in [2.24, 2.45) is 5.92 Å². The minimum atomic E-state index is -3.70. The van der Waals surface area contributed by atoms with Crippen LogP contribution < -0.4 is 14.4 Å². The highest BCUT2D eigenvalue weighted by atomic mass is 32.2. The van der Waals surface area contributed by atoms with Crippen molar-refractivity contribution in [3.8, 4) is 5.75 Å². The summed E-state index contributed by atoms with van der Waals surface area (Å²) in [5.41, 5.74) is 0.936. The van der Waals surface area contributed by atoms with Crippen LogP contribution in [-0.4, -0.2) is 45.3 Å². The van der Waals surface area contributed by atoms with Crippen molar-refractivity contribution in [1.82, 2.24) is 10.3 Å². The molecule has 0 saturated heterocycles. The number of anilines is 1. The lowest BCUT2D eigenvalue weighted by Crippen LogP contribution is -2.43. The number of amides is 1. The third-order valence-electron chi connectivity index (χ3n) is 5.22. The van der Waals surface area contributed by atoms with E-state index >= 15 is 0 Å². The molecule has 1 fully saturated rings. The standard InChI is InChI=1S/C21H27N3O4S/c1-24(18-12-19(28-2)14-22-13-18)29(26,27)20(11-10-16-8-9-16)15-23-21(25)17-6-4-3-5-7-17/h3-7,12-14,16,20H,8-11,15H2,1-2H3,(H,23,25). The van der Waals surface area contributed by atoms with E-state index in [4.69, 9.17) is 4.74 Å². The lowest BCUT2D eigenvalue weighted by molar-refractivity contribution is 0.0953. The van der Waals surface area contributed by atoms with Gasteiger partial charge in [-0.1, -0.05) is 31.0 Å². The minimum Gasteiger partial charge on any atom is -0.495 e. The number of sulfonamides is 1. The molecule has 2 aromatic rings. The number of carbonyl (C=O) groups is 1. The maximum Gasteiger partial charge on any atom is 0.251 e. The molecule has 156 valence electrons. The number of hydrogen-bond acceptors (Lipinski definition) is 5. The normalized spacial score (nSPS) is 14.8. The largest absolute Gasteiger partial charge is 0.495 e. The van der Waals surface area contributed by atoms with E-state index in [0.29, 0.717) is 29.3 Å². The molecule has 1 aromatic heterocycles. The van der Waals surface area contributed by atoms with Crippen molar-refractivity contribution in [2.75, 3.05) is 25.0 Å². The average Bonchev–Trinajstić information content (AvgIpc) is 3.57. The molecule has 1 N–H and O–H groups in total. The van der Waals surface area contributed by atoms with Gasteiger partial charge in [-0.3, -0.25) is 14.1 Å². The van der Waals surface area contributed by atoms with Gasteiger partial charge in [0.2, 0.25) is 10.0 Å². The number of rotatable bonds is 10. The molecule has 1 aliphatic carbocycles.